The van der Waals surface area contributed by atoms with Gasteiger partial charge in [0, 0.05) is 23.5 Å². The van der Waals surface area contributed by atoms with Crippen molar-refractivity contribution in [2.75, 3.05) is 0 Å². The Morgan fingerprint density at radius 3 is 2.55 bits per heavy atom. The molecule has 5 nitrogen and oxygen atoms in total. The van der Waals surface area contributed by atoms with E-state index in [2.05, 4.69) is 9.64 Å². The van der Waals surface area contributed by atoms with Gasteiger partial charge in [-0.25, -0.2) is 4.39 Å². The maximum absolute atomic E-state index is 13.7. The van der Waals surface area contributed by atoms with Crippen molar-refractivity contribution < 1.29 is 23.8 Å². The highest BCUT2D eigenvalue weighted by molar-refractivity contribution is 6.33. The van der Waals surface area contributed by atoms with E-state index in [0.29, 0.717) is 5.75 Å². The topological polar surface area (TPSA) is 71.8 Å². The number of hydrogen-bond acceptors (Lipinski definition) is 5. The van der Waals surface area contributed by atoms with Crippen LogP contribution in [0, 0.1) is 19.7 Å². The van der Waals surface area contributed by atoms with Gasteiger partial charge in [-0.15, -0.1) is 0 Å². The number of nitrogens with zero attached hydrogens (tertiary/aromatic N) is 1. The summed E-state index contributed by atoms with van der Waals surface area (Å²) in [5, 5.41) is 17.3. The number of rotatable bonds is 4. The van der Waals surface area contributed by atoms with E-state index in [0.717, 1.165) is 17.3 Å². The molecule has 2 rings (SSSR count). The molecule has 0 spiro atoms. The predicted octanol–water partition coefficient (Wildman–Crippen LogP) is 1.98. The number of benzene rings is 1. The Balaban J connectivity index is 2.22. The van der Waals surface area contributed by atoms with E-state index in [9.17, 15) is 4.39 Å². The Morgan fingerprint density at radius 2 is 1.90 bits per heavy atom. The molecule has 1 aromatic heterocycles. The van der Waals surface area contributed by atoms with E-state index in [-0.39, 0.29) is 11.5 Å². The molecule has 0 radical (unpaired) electrons. The highest BCUT2D eigenvalue weighted by atomic mass is 19.1. The van der Waals surface area contributed by atoms with Crippen LogP contribution in [0.5, 0.6) is 17.2 Å². The molecular formula is C13H13BFNO4. The molecule has 2 aromatic rings. The number of aryl methyl sites for hydroxylation is 1. The maximum atomic E-state index is 13.7. The number of halogens is 1. The van der Waals surface area contributed by atoms with Crippen LogP contribution in [-0.4, -0.2) is 22.4 Å². The van der Waals surface area contributed by atoms with Crippen LogP contribution >= 0.6 is 0 Å². The van der Waals surface area contributed by atoms with Crippen molar-refractivity contribution in [3.8, 4) is 17.2 Å². The summed E-state index contributed by atoms with van der Waals surface area (Å²) in [5.74, 6) is -0.169. The molecule has 1 aromatic carbocycles. The summed E-state index contributed by atoms with van der Waals surface area (Å²) in [6.45, 7) is 3.70. The summed E-state index contributed by atoms with van der Waals surface area (Å²) in [6, 6.07) is 5.51. The predicted molar refractivity (Wildman–Crippen MR) is 71.0 cm³/mol. The lowest BCUT2D eigenvalue weighted by molar-refractivity contribution is 0.281. The second kappa shape index (κ2) is 5.89. The molecule has 7 heteroatoms. The average Bonchev–Trinajstić information content (AvgIpc) is 2.38. The first-order chi connectivity index (χ1) is 9.47. The van der Waals surface area contributed by atoms with E-state index in [4.69, 9.17) is 14.8 Å². The fourth-order valence-corrected chi connectivity index (χ4v) is 1.61. The monoisotopic (exact) mass is 277 g/mol. The molecule has 0 amide bonds. The first kappa shape index (κ1) is 14.3. The van der Waals surface area contributed by atoms with Crippen LogP contribution in [0.1, 0.15) is 11.3 Å². The standard InChI is InChI=1S/C13H13BFNO4/c1-8-9(2)16-6-5-12(8)19-10-3-4-13(11(15)7-10)20-14(17)18/h3-7,17-18H,1-2H3. The van der Waals surface area contributed by atoms with Gasteiger partial charge in [-0.1, -0.05) is 0 Å². The summed E-state index contributed by atoms with van der Waals surface area (Å²) in [4.78, 5) is 4.12. The Kier molecular flexibility index (Phi) is 4.21. The zero-order valence-electron chi connectivity index (χ0n) is 11.0. The van der Waals surface area contributed by atoms with Gasteiger partial charge in [0.15, 0.2) is 5.82 Å². The normalized spacial score (nSPS) is 10.2. The molecule has 0 unspecified atom stereocenters. The van der Waals surface area contributed by atoms with Gasteiger partial charge in [-0.3, -0.25) is 4.98 Å². The lowest BCUT2D eigenvalue weighted by Crippen LogP contribution is -2.21. The minimum Gasteiger partial charge on any atom is -0.510 e. The minimum absolute atomic E-state index is 0.269. The summed E-state index contributed by atoms with van der Waals surface area (Å²) < 4.78 is 23.7. The third kappa shape index (κ3) is 3.25. The van der Waals surface area contributed by atoms with Gasteiger partial charge in [-0.05, 0) is 32.0 Å². The number of pyridine rings is 1. The van der Waals surface area contributed by atoms with E-state index in [1.807, 2.05) is 13.8 Å². The molecular weight excluding hydrogens is 264 g/mol. The Bertz CT molecular complexity index is 621. The molecule has 0 aliphatic rings. The van der Waals surface area contributed by atoms with Crippen LogP contribution in [0.25, 0.3) is 0 Å². The van der Waals surface area contributed by atoms with Gasteiger partial charge in [0.05, 0.1) is 0 Å². The molecule has 0 atom stereocenters. The SMILES string of the molecule is Cc1nccc(Oc2ccc(OB(O)O)c(F)c2)c1C. The molecule has 0 fully saturated rings. The maximum Gasteiger partial charge on any atom is 0.707 e. The summed E-state index contributed by atoms with van der Waals surface area (Å²) in [6.07, 6.45) is 1.60. The minimum atomic E-state index is -2.07. The number of aromatic nitrogens is 1. The molecule has 104 valence electrons. The van der Waals surface area contributed by atoms with Gasteiger partial charge in [0.25, 0.3) is 0 Å². The Labute approximate surface area is 115 Å². The number of hydrogen-bond donors (Lipinski definition) is 2. The van der Waals surface area contributed by atoms with Gasteiger partial charge >= 0.3 is 7.32 Å². The van der Waals surface area contributed by atoms with Crippen LogP contribution in [-0.2, 0) is 0 Å². The Morgan fingerprint density at radius 1 is 1.15 bits per heavy atom. The van der Waals surface area contributed by atoms with Crippen molar-refractivity contribution in [3.63, 3.8) is 0 Å². The van der Waals surface area contributed by atoms with Crippen molar-refractivity contribution in [2.24, 2.45) is 0 Å². The highest BCUT2D eigenvalue weighted by Gasteiger charge is 2.15. The van der Waals surface area contributed by atoms with E-state index in [1.54, 1.807) is 12.3 Å². The van der Waals surface area contributed by atoms with Crippen LogP contribution in [0.3, 0.4) is 0 Å². The zero-order chi connectivity index (χ0) is 14.7. The Hall–Kier alpha value is -2.12. The molecule has 1 heterocycles. The molecule has 2 N–H and O–H groups in total. The van der Waals surface area contributed by atoms with Crippen LogP contribution < -0.4 is 9.39 Å². The van der Waals surface area contributed by atoms with Crippen LogP contribution in [0.2, 0.25) is 0 Å². The molecule has 0 saturated heterocycles. The number of ether oxygens (including phenoxy) is 1. The fourth-order valence-electron chi connectivity index (χ4n) is 1.61. The highest BCUT2D eigenvalue weighted by Crippen LogP contribution is 2.29. The molecule has 0 aliphatic carbocycles. The van der Waals surface area contributed by atoms with Crippen molar-refractivity contribution in [1.82, 2.24) is 4.98 Å². The van der Waals surface area contributed by atoms with E-state index < -0.39 is 13.1 Å². The quantitative estimate of drug-likeness (QED) is 0.836. The third-order valence-corrected chi connectivity index (χ3v) is 2.77. The van der Waals surface area contributed by atoms with Crippen LogP contribution in [0.4, 0.5) is 4.39 Å². The zero-order valence-corrected chi connectivity index (χ0v) is 11.0. The van der Waals surface area contributed by atoms with Gasteiger partial charge in [0.1, 0.15) is 17.2 Å². The van der Waals surface area contributed by atoms with Crippen molar-refractivity contribution in [2.45, 2.75) is 13.8 Å². The second-order valence-corrected chi connectivity index (χ2v) is 4.16. The summed E-state index contributed by atoms with van der Waals surface area (Å²) in [5.41, 5.74) is 1.69. The van der Waals surface area contributed by atoms with Crippen LogP contribution in [0.15, 0.2) is 30.5 Å². The van der Waals surface area contributed by atoms with Crippen molar-refractivity contribution in [3.05, 3.63) is 47.5 Å². The van der Waals surface area contributed by atoms with E-state index >= 15 is 0 Å². The largest absolute Gasteiger partial charge is 0.707 e. The van der Waals surface area contributed by atoms with Gasteiger partial charge < -0.3 is 19.4 Å². The third-order valence-electron chi connectivity index (χ3n) is 2.77. The second-order valence-electron chi connectivity index (χ2n) is 4.16. The van der Waals surface area contributed by atoms with Crippen molar-refractivity contribution in [1.29, 1.82) is 0 Å². The molecule has 0 aliphatic heterocycles. The average molecular weight is 277 g/mol. The summed E-state index contributed by atoms with van der Waals surface area (Å²) in [7, 11) is -2.07. The first-order valence-electron chi connectivity index (χ1n) is 5.90. The smallest absolute Gasteiger partial charge is 0.510 e. The lowest BCUT2D eigenvalue weighted by atomic mass is 10.2. The first-order valence-corrected chi connectivity index (χ1v) is 5.90. The summed E-state index contributed by atoms with van der Waals surface area (Å²) >= 11 is 0. The molecule has 20 heavy (non-hydrogen) atoms. The van der Waals surface area contributed by atoms with E-state index in [1.165, 1.54) is 12.1 Å². The fraction of sp³-hybridized carbons (Fsp3) is 0.154. The van der Waals surface area contributed by atoms with Crippen molar-refractivity contribution >= 4 is 7.32 Å². The van der Waals surface area contributed by atoms with Gasteiger partial charge in [-0.2, -0.15) is 0 Å². The lowest BCUT2D eigenvalue weighted by Gasteiger charge is -2.11. The van der Waals surface area contributed by atoms with Gasteiger partial charge in [0.2, 0.25) is 0 Å². The molecule has 0 bridgehead atoms. The molecule has 0 saturated carbocycles.